The van der Waals surface area contributed by atoms with E-state index >= 15 is 0 Å². The standard InChI is InChI=1S/C26H28FN3O2S/c1-32-21-9-4-18-15-23(26(31)28-11-10-22-3-2-14-33-22)25-17-29(12-13-30(25)24(18)16-21)20-7-5-19(27)6-8-20/h2-9,14,16,23,25H,10-13,15,17H2,1H3,(H,28,31). The van der Waals surface area contributed by atoms with Crippen molar-refractivity contribution < 1.29 is 13.9 Å². The molecule has 0 radical (unpaired) electrons. The van der Waals surface area contributed by atoms with Gasteiger partial charge in [-0.05, 0) is 60.2 Å². The number of fused-ring (bicyclic) bond motifs is 3. The Balaban J connectivity index is 1.38. The third-order valence-electron chi connectivity index (χ3n) is 6.70. The lowest BCUT2D eigenvalue weighted by atomic mass is 9.83. The number of benzene rings is 2. The SMILES string of the molecule is COc1ccc2c(c1)N1CCN(c3ccc(F)cc3)CC1C(C(=O)NCCc1cccs1)C2. The molecule has 0 bridgehead atoms. The molecule has 1 amide bonds. The average molecular weight is 466 g/mol. The van der Waals surface area contributed by atoms with Crippen molar-refractivity contribution in [2.45, 2.75) is 18.9 Å². The summed E-state index contributed by atoms with van der Waals surface area (Å²) in [6.45, 7) is 2.96. The van der Waals surface area contributed by atoms with Crippen molar-refractivity contribution in [3.05, 3.63) is 76.2 Å². The van der Waals surface area contributed by atoms with Crippen LogP contribution in [-0.2, 0) is 17.6 Å². The number of amides is 1. The summed E-state index contributed by atoms with van der Waals surface area (Å²) in [6, 6.07) is 17.0. The molecule has 1 saturated heterocycles. The molecule has 2 aromatic carbocycles. The number of methoxy groups -OCH3 is 1. The lowest BCUT2D eigenvalue weighted by molar-refractivity contribution is -0.125. The van der Waals surface area contributed by atoms with Crippen LogP contribution < -0.4 is 19.9 Å². The molecule has 3 heterocycles. The number of rotatable bonds is 6. The molecule has 1 aromatic heterocycles. The van der Waals surface area contributed by atoms with E-state index in [9.17, 15) is 9.18 Å². The van der Waals surface area contributed by atoms with Crippen LogP contribution in [0.15, 0.2) is 60.0 Å². The predicted molar refractivity (Wildman–Crippen MR) is 131 cm³/mol. The van der Waals surface area contributed by atoms with E-state index in [0.29, 0.717) is 19.5 Å². The Morgan fingerprint density at radius 1 is 1.18 bits per heavy atom. The number of nitrogens with zero attached hydrogens (tertiary/aromatic N) is 2. The van der Waals surface area contributed by atoms with Gasteiger partial charge in [0, 0.05) is 48.5 Å². The summed E-state index contributed by atoms with van der Waals surface area (Å²) in [4.78, 5) is 19.3. The second kappa shape index (κ2) is 9.43. The van der Waals surface area contributed by atoms with Gasteiger partial charge in [-0.25, -0.2) is 4.39 Å². The van der Waals surface area contributed by atoms with Crippen molar-refractivity contribution in [2.75, 3.05) is 43.1 Å². The Hall–Kier alpha value is -3.06. The van der Waals surface area contributed by atoms with Gasteiger partial charge in [-0.2, -0.15) is 0 Å². The summed E-state index contributed by atoms with van der Waals surface area (Å²) in [5.74, 6) is 0.535. The molecule has 33 heavy (non-hydrogen) atoms. The van der Waals surface area contributed by atoms with E-state index in [0.717, 1.165) is 36.6 Å². The second-order valence-corrected chi connectivity index (χ2v) is 9.64. The van der Waals surface area contributed by atoms with Gasteiger partial charge in [-0.1, -0.05) is 12.1 Å². The maximum Gasteiger partial charge on any atom is 0.225 e. The first-order chi connectivity index (χ1) is 16.1. The molecule has 2 aliphatic rings. The molecule has 0 saturated carbocycles. The highest BCUT2D eigenvalue weighted by Crippen LogP contribution is 2.39. The van der Waals surface area contributed by atoms with E-state index in [4.69, 9.17) is 4.74 Å². The van der Waals surface area contributed by atoms with Gasteiger partial charge in [0.25, 0.3) is 0 Å². The summed E-state index contributed by atoms with van der Waals surface area (Å²) < 4.78 is 18.9. The van der Waals surface area contributed by atoms with Crippen molar-refractivity contribution in [1.29, 1.82) is 0 Å². The van der Waals surface area contributed by atoms with Crippen LogP contribution in [0.5, 0.6) is 5.75 Å². The van der Waals surface area contributed by atoms with Crippen molar-refractivity contribution in [2.24, 2.45) is 5.92 Å². The number of ether oxygens (including phenoxy) is 1. The second-order valence-electron chi connectivity index (χ2n) is 8.61. The minimum Gasteiger partial charge on any atom is -0.497 e. The van der Waals surface area contributed by atoms with Gasteiger partial charge >= 0.3 is 0 Å². The van der Waals surface area contributed by atoms with Crippen molar-refractivity contribution in [3.63, 3.8) is 0 Å². The number of anilines is 2. The molecule has 2 unspecified atom stereocenters. The summed E-state index contributed by atoms with van der Waals surface area (Å²) in [6.07, 6.45) is 1.54. The molecule has 2 aliphatic heterocycles. The summed E-state index contributed by atoms with van der Waals surface area (Å²) in [5.41, 5.74) is 3.32. The Labute approximate surface area is 197 Å². The quantitative estimate of drug-likeness (QED) is 0.595. The van der Waals surface area contributed by atoms with Crippen molar-refractivity contribution in [1.82, 2.24) is 5.32 Å². The number of carbonyl (C=O) groups is 1. The van der Waals surface area contributed by atoms with Crippen LogP contribution in [0.4, 0.5) is 15.8 Å². The first kappa shape index (κ1) is 21.8. The fourth-order valence-corrected chi connectivity index (χ4v) is 5.69. The molecular formula is C26H28FN3O2S. The minimum absolute atomic E-state index is 0.0325. The highest BCUT2D eigenvalue weighted by Gasteiger charge is 2.41. The molecule has 7 heteroatoms. The third kappa shape index (κ3) is 4.55. The summed E-state index contributed by atoms with van der Waals surface area (Å²) >= 11 is 1.72. The van der Waals surface area contributed by atoms with Gasteiger partial charge < -0.3 is 19.9 Å². The molecule has 2 atom stereocenters. The van der Waals surface area contributed by atoms with E-state index in [-0.39, 0.29) is 23.7 Å². The fraction of sp³-hybridized carbons (Fsp3) is 0.346. The van der Waals surface area contributed by atoms with Gasteiger partial charge in [0.15, 0.2) is 0 Å². The maximum atomic E-state index is 13.5. The zero-order valence-electron chi connectivity index (χ0n) is 18.7. The number of thiophene rings is 1. The van der Waals surface area contributed by atoms with E-state index in [1.54, 1.807) is 18.4 Å². The largest absolute Gasteiger partial charge is 0.497 e. The Kier molecular flexibility index (Phi) is 6.22. The van der Waals surface area contributed by atoms with Crippen LogP contribution in [0.3, 0.4) is 0 Å². The number of nitrogens with one attached hydrogen (secondary N) is 1. The van der Waals surface area contributed by atoms with Crippen LogP contribution >= 0.6 is 11.3 Å². The minimum atomic E-state index is -0.237. The van der Waals surface area contributed by atoms with Crippen LogP contribution in [0, 0.1) is 11.7 Å². The number of carbonyl (C=O) groups excluding carboxylic acids is 1. The Morgan fingerprint density at radius 2 is 2.03 bits per heavy atom. The Morgan fingerprint density at radius 3 is 2.79 bits per heavy atom. The van der Waals surface area contributed by atoms with Gasteiger partial charge in [-0.15, -0.1) is 11.3 Å². The number of hydrogen-bond donors (Lipinski definition) is 1. The van der Waals surface area contributed by atoms with Crippen LogP contribution in [0.25, 0.3) is 0 Å². The Bertz CT molecular complexity index is 1100. The van der Waals surface area contributed by atoms with Crippen molar-refractivity contribution in [3.8, 4) is 5.75 Å². The first-order valence-corrected chi connectivity index (χ1v) is 12.2. The van der Waals surface area contributed by atoms with Gasteiger partial charge in [0.2, 0.25) is 5.91 Å². The van der Waals surface area contributed by atoms with Crippen LogP contribution in [0.2, 0.25) is 0 Å². The average Bonchev–Trinajstić information content (AvgIpc) is 3.37. The van der Waals surface area contributed by atoms with Gasteiger partial charge in [0.1, 0.15) is 11.6 Å². The topological polar surface area (TPSA) is 44.8 Å². The highest BCUT2D eigenvalue weighted by atomic mass is 32.1. The van der Waals surface area contributed by atoms with E-state index in [1.165, 1.54) is 22.6 Å². The van der Waals surface area contributed by atoms with Crippen molar-refractivity contribution >= 4 is 28.6 Å². The normalized spacial score (nSPS) is 19.6. The molecule has 1 fully saturated rings. The molecule has 3 aromatic rings. The molecule has 0 aliphatic carbocycles. The smallest absolute Gasteiger partial charge is 0.225 e. The first-order valence-electron chi connectivity index (χ1n) is 11.4. The zero-order valence-corrected chi connectivity index (χ0v) is 19.5. The maximum absolute atomic E-state index is 13.5. The number of piperazine rings is 1. The zero-order chi connectivity index (χ0) is 22.8. The molecule has 172 valence electrons. The molecular weight excluding hydrogens is 437 g/mol. The van der Waals surface area contributed by atoms with E-state index in [1.807, 2.05) is 24.3 Å². The number of halogens is 1. The van der Waals surface area contributed by atoms with E-state index < -0.39 is 0 Å². The highest BCUT2D eigenvalue weighted by molar-refractivity contribution is 7.09. The van der Waals surface area contributed by atoms with Gasteiger partial charge in [-0.3, -0.25) is 4.79 Å². The monoisotopic (exact) mass is 465 g/mol. The lowest BCUT2D eigenvalue weighted by Gasteiger charge is -2.49. The van der Waals surface area contributed by atoms with Gasteiger partial charge in [0.05, 0.1) is 19.1 Å². The predicted octanol–water partition coefficient (Wildman–Crippen LogP) is 4.12. The van der Waals surface area contributed by atoms with Crippen LogP contribution in [-0.4, -0.2) is 45.2 Å². The fourth-order valence-electron chi connectivity index (χ4n) is 4.99. The summed E-state index contributed by atoms with van der Waals surface area (Å²) in [5, 5.41) is 5.25. The molecule has 5 rings (SSSR count). The number of hydrogen-bond acceptors (Lipinski definition) is 5. The van der Waals surface area contributed by atoms with E-state index in [2.05, 4.69) is 38.7 Å². The lowest BCUT2D eigenvalue weighted by Crippen LogP contribution is -2.61. The molecule has 5 nitrogen and oxygen atoms in total. The molecule has 0 spiro atoms. The third-order valence-corrected chi connectivity index (χ3v) is 7.64. The summed E-state index contributed by atoms with van der Waals surface area (Å²) in [7, 11) is 1.68. The molecule has 1 N–H and O–H groups in total. The van der Waals surface area contributed by atoms with Crippen LogP contribution in [0.1, 0.15) is 10.4 Å².